The van der Waals surface area contributed by atoms with Crippen molar-refractivity contribution in [3.8, 4) is 0 Å². The van der Waals surface area contributed by atoms with Crippen LogP contribution >= 0.6 is 0 Å². The molecule has 0 heterocycles. The van der Waals surface area contributed by atoms with Crippen LogP contribution in [0.5, 0.6) is 0 Å². The largest absolute Gasteiger partial charge is 0.502 e. The molecule has 0 amide bonds. The Hall–Kier alpha value is -0.405. The van der Waals surface area contributed by atoms with E-state index in [4.69, 9.17) is 0 Å². The van der Waals surface area contributed by atoms with Gasteiger partial charge in [-0.2, -0.15) is 0 Å². The van der Waals surface area contributed by atoms with Crippen LogP contribution in [0.2, 0.25) is 0 Å². The van der Waals surface area contributed by atoms with Crippen LogP contribution in [0.15, 0.2) is 11.5 Å². The fraction of sp³-hybridized carbons (Fsp3) is 0.667. The maximum atomic E-state index is 11.6. The SMILES string of the molecule is CCC/C(C)=C/[B-](F)(F)F. The number of rotatable bonds is 3. The molecule has 0 aromatic carbocycles. The monoisotopic (exact) mass is 151 g/mol. The van der Waals surface area contributed by atoms with Gasteiger partial charge in [0.25, 0.3) is 0 Å². The van der Waals surface area contributed by atoms with Crippen molar-refractivity contribution in [1.29, 1.82) is 0 Å². The van der Waals surface area contributed by atoms with Crippen molar-refractivity contribution in [3.63, 3.8) is 0 Å². The van der Waals surface area contributed by atoms with Crippen LogP contribution < -0.4 is 0 Å². The van der Waals surface area contributed by atoms with E-state index < -0.39 is 6.98 Å². The average Bonchev–Trinajstić information content (AvgIpc) is 1.59. The summed E-state index contributed by atoms with van der Waals surface area (Å²) in [6.45, 7) is -1.34. The minimum atomic E-state index is -4.72. The molecule has 0 radical (unpaired) electrons. The number of allylic oxidation sites excluding steroid dienone is 1. The molecule has 0 aliphatic carbocycles. The molecule has 0 rings (SSSR count). The summed E-state index contributed by atoms with van der Waals surface area (Å²) in [6.07, 6.45) is 1.32. The van der Waals surface area contributed by atoms with Gasteiger partial charge in [-0.15, -0.1) is 11.5 Å². The molecule has 0 atom stereocenters. The van der Waals surface area contributed by atoms with E-state index in [9.17, 15) is 12.9 Å². The molecule has 0 aliphatic heterocycles. The number of hydrogen-bond acceptors (Lipinski definition) is 0. The highest BCUT2D eigenvalue weighted by molar-refractivity contribution is 6.64. The zero-order valence-corrected chi connectivity index (χ0v) is 6.20. The summed E-state index contributed by atoms with van der Waals surface area (Å²) in [6, 6.07) is 0. The molecule has 0 bridgehead atoms. The Kier molecular flexibility index (Phi) is 3.54. The Morgan fingerprint density at radius 3 is 2.20 bits per heavy atom. The van der Waals surface area contributed by atoms with Crippen molar-refractivity contribution in [1.82, 2.24) is 0 Å². The summed E-state index contributed by atoms with van der Waals surface area (Å²) in [7, 11) is 0. The van der Waals surface area contributed by atoms with Gasteiger partial charge in [-0.1, -0.05) is 13.3 Å². The fourth-order valence-corrected chi connectivity index (χ4v) is 0.800. The van der Waals surface area contributed by atoms with Gasteiger partial charge in [0.1, 0.15) is 0 Å². The van der Waals surface area contributed by atoms with E-state index in [1.807, 2.05) is 6.92 Å². The molecule has 4 heteroatoms. The topological polar surface area (TPSA) is 0 Å². The smallest absolute Gasteiger partial charge is 0.445 e. The van der Waals surface area contributed by atoms with Crippen LogP contribution in [0, 0.1) is 0 Å². The maximum absolute atomic E-state index is 11.6. The summed E-state index contributed by atoms with van der Waals surface area (Å²) >= 11 is 0. The molecule has 0 saturated carbocycles. The quantitative estimate of drug-likeness (QED) is 0.543. The van der Waals surface area contributed by atoms with E-state index in [0.717, 1.165) is 6.42 Å². The third kappa shape index (κ3) is 5.73. The van der Waals surface area contributed by atoms with Crippen molar-refractivity contribution in [3.05, 3.63) is 11.5 Å². The van der Waals surface area contributed by atoms with Crippen molar-refractivity contribution < 1.29 is 12.9 Å². The van der Waals surface area contributed by atoms with Crippen molar-refractivity contribution in [2.45, 2.75) is 26.7 Å². The lowest BCUT2D eigenvalue weighted by atomic mass is 9.88. The lowest BCUT2D eigenvalue weighted by Gasteiger charge is -2.09. The van der Waals surface area contributed by atoms with Gasteiger partial charge >= 0.3 is 6.98 Å². The summed E-state index contributed by atoms with van der Waals surface area (Å²) in [5, 5.41) is 0. The van der Waals surface area contributed by atoms with Crippen molar-refractivity contribution in [2.75, 3.05) is 0 Å². The van der Waals surface area contributed by atoms with Crippen molar-refractivity contribution in [2.24, 2.45) is 0 Å². The molecular formula is C6H11BF3-. The van der Waals surface area contributed by atoms with Gasteiger partial charge in [-0.3, -0.25) is 0 Å². The first-order chi connectivity index (χ1) is 4.45. The van der Waals surface area contributed by atoms with Crippen LogP contribution in [-0.2, 0) is 0 Å². The van der Waals surface area contributed by atoms with E-state index in [0.29, 0.717) is 18.0 Å². The first-order valence-electron chi connectivity index (χ1n) is 3.34. The van der Waals surface area contributed by atoms with Gasteiger partial charge in [0.15, 0.2) is 0 Å². The third-order valence-electron chi connectivity index (χ3n) is 1.12. The highest BCUT2D eigenvalue weighted by Crippen LogP contribution is 2.14. The molecule has 0 unspecified atom stereocenters. The van der Waals surface area contributed by atoms with Gasteiger partial charge in [0.2, 0.25) is 0 Å². The van der Waals surface area contributed by atoms with Crippen LogP contribution in [0.25, 0.3) is 0 Å². The van der Waals surface area contributed by atoms with Crippen LogP contribution in [0.4, 0.5) is 12.9 Å². The zero-order valence-electron chi connectivity index (χ0n) is 6.20. The molecule has 0 aromatic rings. The lowest BCUT2D eigenvalue weighted by Crippen LogP contribution is -2.11. The number of hydrogen-bond donors (Lipinski definition) is 0. The van der Waals surface area contributed by atoms with Gasteiger partial charge < -0.3 is 12.9 Å². The van der Waals surface area contributed by atoms with E-state index in [1.165, 1.54) is 6.92 Å². The Morgan fingerprint density at radius 1 is 1.40 bits per heavy atom. The molecule has 0 aromatic heterocycles. The molecular weight excluding hydrogens is 140 g/mol. The Labute approximate surface area is 59.2 Å². The second-order valence-electron chi connectivity index (χ2n) is 2.39. The predicted octanol–water partition coefficient (Wildman–Crippen LogP) is 3.12. The van der Waals surface area contributed by atoms with Gasteiger partial charge in [0.05, 0.1) is 0 Å². The second kappa shape index (κ2) is 3.69. The average molecular weight is 151 g/mol. The molecule has 0 N–H and O–H groups in total. The van der Waals surface area contributed by atoms with E-state index in [1.54, 1.807) is 0 Å². The molecule has 0 saturated heterocycles. The minimum Gasteiger partial charge on any atom is -0.445 e. The highest BCUT2D eigenvalue weighted by atomic mass is 19.4. The third-order valence-corrected chi connectivity index (χ3v) is 1.12. The molecule has 0 fully saturated rings. The van der Waals surface area contributed by atoms with E-state index in [2.05, 4.69) is 0 Å². The molecule has 0 aliphatic rings. The van der Waals surface area contributed by atoms with Crippen molar-refractivity contribution >= 4 is 6.98 Å². The zero-order chi connectivity index (χ0) is 8.20. The predicted molar refractivity (Wildman–Crippen MR) is 37.7 cm³/mol. The molecule has 0 spiro atoms. The van der Waals surface area contributed by atoms with E-state index >= 15 is 0 Å². The van der Waals surface area contributed by atoms with Gasteiger partial charge in [-0.25, -0.2) is 0 Å². The summed E-state index contributed by atoms with van der Waals surface area (Å²) in [5.41, 5.74) is 0.426. The Balaban J connectivity index is 3.90. The standard InChI is InChI=1S/C6H11BF3/c1-3-4-6(2)5-7(8,9)10/h5H,3-4H2,1-2H3/q-1/b6-5+. The summed E-state index contributed by atoms with van der Waals surface area (Å²) in [5.74, 6) is 0.420. The van der Waals surface area contributed by atoms with Gasteiger partial charge in [0, 0.05) is 0 Å². The fourth-order valence-electron chi connectivity index (χ4n) is 0.800. The first kappa shape index (κ1) is 9.59. The lowest BCUT2D eigenvalue weighted by molar-refractivity contribution is 0.497. The van der Waals surface area contributed by atoms with Crippen LogP contribution in [0.3, 0.4) is 0 Å². The first-order valence-corrected chi connectivity index (χ1v) is 3.34. The highest BCUT2D eigenvalue weighted by Gasteiger charge is 2.18. The molecule has 10 heavy (non-hydrogen) atoms. The number of halogens is 3. The maximum Gasteiger partial charge on any atom is 0.502 e. The minimum absolute atomic E-state index is 0.420. The normalized spacial score (nSPS) is 13.9. The van der Waals surface area contributed by atoms with Gasteiger partial charge in [-0.05, 0) is 13.3 Å². The summed E-state index contributed by atoms with van der Waals surface area (Å²) < 4.78 is 34.8. The summed E-state index contributed by atoms with van der Waals surface area (Å²) in [4.78, 5) is 0. The molecule has 0 nitrogen and oxygen atoms in total. The molecule has 60 valence electrons. The second-order valence-corrected chi connectivity index (χ2v) is 2.39. The van der Waals surface area contributed by atoms with E-state index in [-0.39, 0.29) is 0 Å². The Bertz CT molecular complexity index is 125. The Morgan fingerprint density at radius 2 is 1.90 bits per heavy atom. The van der Waals surface area contributed by atoms with Crippen LogP contribution in [-0.4, -0.2) is 6.98 Å². The van der Waals surface area contributed by atoms with Crippen LogP contribution in [0.1, 0.15) is 26.7 Å².